The first-order valence-corrected chi connectivity index (χ1v) is 8.73. The van der Waals surface area contributed by atoms with Crippen LogP contribution < -0.4 is 5.32 Å². The number of nitro groups is 1. The number of thiophene rings is 1. The Morgan fingerprint density at radius 2 is 2.17 bits per heavy atom. The van der Waals surface area contributed by atoms with E-state index in [0.29, 0.717) is 15.0 Å². The topological polar surface area (TPSA) is 85.1 Å². The van der Waals surface area contributed by atoms with Gasteiger partial charge in [0.05, 0.1) is 15.1 Å². The number of thiazole rings is 1. The third-order valence-corrected chi connectivity index (χ3v) is 5.21. The quantitative estimate of drug-likeness (QED) is 0.397. The summed E-state index contributed by atoms with van der Waals surface area (Å²) < 4.78 is 0.896. The van der Waals surface area contributed by atoms with Gasteiger partial charge in [-0.3, -0.25) is 20.2 Å². The summed E-state index contributed by atoms with van der Waals surface area (Å²) in [7, 11) is 0. The number of rotatable bonds is 4. The number of aryl methyl sites for hydroxylation is 1. The van der Waals surface area contributed by atoms with Crippen molar-refractivity contribution in [3.63, 3.8) is 0 Å². The van der Waals surface area contributed by atoms with Crippen LogP contribution in [-0.2, 0) is 4.79 Å². The number of amides is 1. The largest absolute Gasteiger partial charge is 0.324 e. The molecule has 1 N–H and O–H groups in total. The fourth-order valence-electron chi connectivity index (χ4n) is 2.04. The van der Waals surface area contributed by atoms with E-state index < -0.39 is 4.92 Å². The van der Waals surface area contributed by atoms with E-state index in [1.54, 1.807) is 12.1 Å². The number of anilines is 1. The molecule has 3 aromatic rings. The van der Waals surface area contributed by atoms with Gasteiger partial charge in [-0.15, -0.1) is 0 Å². The third-order valence-electron chi connectivity index (χ3n) is 3.07. The van der Waals surface area contributed by atoms with E-state index in [1.165, 1.54) is 29.6 Å². The van der Waals surface area contributed by atoms with Gasteiger partial charge in [-0.1, -0.05) is 34.3 Å². The van der Waals surface area contributed by atoms with Crippen molar-refractivity contribution in [1.29, 1.82) is 0 Å². The molecule has 1 amide bonds. The van der Waals surface area contributed by atoms with Crippen LogP contribution in [0.4, 0.5) is 10.1 Å². The molecule has 0 atom stereocenters. The Labute approximate surface area is 149 Å². The first kappa shape index (κ1) is 16.6. The lowest BCUT2D eigenvalue weighted by Gasteiger charge is -1.95. The Morgan fingerprint density at radius 3 is 2.88 bits per heavy atom. The second kappa shape index (κ2) is 6.68. The van der Waals surface area contributed by atoms with Gasteiger partial charge in [0.2, 0.25) is 5.91 Å². The molecule has 122 valence electrons. The van der Waals surface area contributed by atoms with Crippen LogP contribution in [0.1, 0.15) is 10.4 Å². The molecule has 0 fully saturated rings. The summed E-state index contributed by atoms with van der Waals surface area (Å²) in [5, 5.41) is 14.4. The number of aromatic nitrogens is 1. The van der Waals surface area contributed by atoms with Gasteiger partial charge in [0.25, 0.3) is 0 Å². The molecule has 0 radical (unpaired) electrons. The van der Waals surface area contributed by atoms with Crippen molar-refractivity contribution in [2.24, 2.45) is 0 Å². The van der Waals surface area contributed by atoms with Crippen LogP contribution >= 0.6 is 34.3 Å². The monoisotopic (exact) mass is 379 g/mol. The molecule has 0 spiro atoms. The van der Waals surface area contributed by atoms with Crippen LogP contribution in [0.5, 0.6) is 0 Å². The van der Waals surface area contributed by atoms with Crippen molar-refractivity contribution >= 4 is 66.6 Å². The minimum absolute atomic E-state index is 0.0357. The SMILES string of the molecule is Cc1cc(Cl)cc2sc(NC(=O)/C=C/c3ccc([N+](=O)[O-])s3)nc12. The summed E-state index contributed by atoms with van der Waals surface area (Å²) in [5.74, 6) is -0.353. The van der Waals surface area contributed by atoms with Gasteiger partial charge in [0.15, 0.2) is 5.13 Å². The summed E-state index contributed by atoms with van der Waals surface area (Å²) in [6.45, 7) is 1.91. The minimum atomic E-state index is -0.462. The van der Waals surface area contributed by atoms with E-state index in [2.05, 4.69) is 10.3 Å². The van der Waals surface area contributed by atoms with E-state index in [9.17, 15) is 14.9 Å². The zero-order valence-corrected chi connectivity index (χ0v) is 14.7. The number of nitrogens with zero attached hydrogens (tertiary/aromatic N) is 2. The standard InChI is InChI=1S/C15H10ClN3O3S2/c1-8-6-9(16)7-11-14(8)18-15(24-11)17-12(20)4-2-10-3-5-13(23-10)19(21)22/h2-7H,1H3,(H,17,18,20)/b4-2+. The second-order valence-electron chi connectivity index (χ2n) is 4.84. The van der Waals surface area contributed by atoms with Crippen LogP contribution in [0, 0.1) is 17.0 Å². The second-order valence-corrected chi connectivity index (χ2v) is 7.41. The Balaban J connectivity index is 1.73. The first-order chi connectivity index (χ1) is 11.4. The molecule has 24 heavy (non-hydrogen) atoms. The van der Waals surface area contributed by atoms with Gasteiger partial charge in [-0.25, -0.2) is 4.98 Å². The lowest BCUT2D eigenvalue weighted by Crippen LogP contribution is -2.07. The van der Waals surface area contributed by atoms with Crippen LogP contribution in [0.15, 0.2) is 30.3 Å². The Kier molecular flexibility index (Phi) is 4.61. The van der Waals surface area contributed by atoms with Gasteiger partial charge < -0.3 is 0 Å². The molecule has 2 heterocycles. The molecule has 6 nitrogen and oxygen atoms in total. The van der Waals surface area contributed by atoms with Gasteiger partial charge in [0, 0.05) is 22.0 Å². The van der Waals surface area contributed by atoms with Crippen LogP contribution in [-0.4, -0.2) is 15.8 Å². The van der Waals surface area contributed by atoms with Gasteiger partial charge in [-0.2, -0.15) is 0 Å². The zero-order chi connectivity index (χ0) is 17.3. The Hall–Kier alpha value is -2.29. The van der Waals surface area contributed by atoms with Crippen molar-refractivity contribution in [3.05, 3.63) is 55.9 Å². The predicted octanol–water partition coefficient (Wildman–Crippen LogP) is 4.88. The maximum atomic E-state index is 12.0. The van der Waals surface area contributed by atoms with Crippen molar-refractivity contribution in [3.8, 4) is 0 Å². The number of fused-ring (bicyclic) bond motifs is 1. The molecule has 1 aromatic carbocycles. The number of hydrogen-bond donors (Lipinski definition) is 1. The minimum Gasteiger partial charge on any atom is -0.298 e. The number of hydrogen-bond acceptors (Lipinski definition) is 6. The fourth-order valence-corrected chi connectivity index (χ4v) is 4.09. The number of halogens is 1. The van der Waals surface area contributed by atoms with Crippen molar-refractivity contribution in [2.75, 3.05) is 5.32 Å². The molecule has 0 unspecified atom stereocenters. The highest BCUT2D eigenvalue weighted by atomic mass is 35.5. The van der Waals surface area contributed by atoms with Crippen LogP contribution in [0.3, 0.4) is 0 Å². The van der Waals surface area contributed by atoms with Crippen molar-refractivity contribution in [1.82, 2.24) is 4.98 Å². The summed E-state index contributed by atoms with van der Waals surface area (Å²) in [6.07, 6.45) is 2.85. The van der Waals surface area contributed by atoms with E-state index in [-0.39, 0.29) is 10.9 Å². The molecule has 0 aliphatic rings. The lowest BCUT2D eigenvalue weighted by molar-refractivity contribution is -0.380. The lowest BCUT2D eigenvalue weighted by atomic mass is 10.2. The summed E-state index contributed by atoms with van der Waals surface area (Å²) in [6, 6.07) is 6.62. The zero-order valence-electron chi connectivity index (χ0n) is 12.3. The van der Waals surface area contributed by atoms with E-state index in [0.717, 1.165) is 27.1 Å². The van der Waals surface area contributed by atoms with Gasteiger partial charge >= 0.3 is 5.00 Å². The predicted molar refractivity (Wildman–Crippen MR) is 98.0 cm³/mol. The number of nitrogens with one attached hydrogen (secondary N) is 1. The Morgan fingerprint density at radius 1 is 1.38 bits per heavy atom. The van der Waals surface area contributed by atoms with E-state index >= 15 is 0 Å². The molecule has 0 saturated carbocycles. The van der Waals surface area contributed by atoms with Crippen molar-refractivity contribution < 1.29 is 9.72 Å². The number of benzene rings is 1. The highest BCUT2D eigenvalue weighted by Gasteiger charge is 2.10. The highest BCUT2D eigenvalue weighted by molar-refractivity contribution is 7.22. The molecule has 9 heteroatoms. The molecule has 3 rings (SSSR count). The summed E-state index contributed by atoms with van der Waals surface area (Å²) in [5.41, 5.74) is 1.74. The maximum Gasteiger partial charge on any atom is 0.324 e. The Bertz CT molecular complexity index is 978. The summed E-state index contributed by atoms with van der Waals surface area (Å²) >= 11 is 8.35. The average molecular weight is 380 g/mol. The molecule has 0 bridgehead atoms. The molecule has 0 aliphatic carbocycles. The van der Waals surface area contributed by atoms with E-state index in [1.807, 2.05) is 13.0 Å². The summed E-state index contributed by atoms with van der Waals surface area (Å²) in [4.78, 5) is 27.1. The molecular weight excluding hydrogens is 370 g/mol. The highest BCUT2D eigenvalue weighted by Crippen LogP contribution is 2.31. The normalized spacial score (nSPS) is 11.2. The smallest absolute Gasteiger partial charge is 0.298 e. The fraction of sp³-hybridized carbons (Fsp3) is 0.0667. The number of carbonyl (C=O) groups excluding carboxylic acids is 1. The van der Waals surface area contributed by atoms with Gasteiger partial charge in [0.1, 0.15) is 0 Å². The van der Waals surface area contributed by atoms with Gasteiger partial charge in [-0.05, 0) is 36.8 Å². The molecule has 0 aliphatic heterocycles. The van der Waals surface area contributed by atoms with E-state index in [4.69, 9.17) is 11.6 Å². The third kappa shape index (κ3) is 3.61. The number of carbonyl (C=O) groups is 1. The van der Waals surface area contributed by atoms with Crippen LogP contribution in [0.25, 0.3) is 16.3 Å². The molecule has 0 saturated heterocycles. The first-order valence-electron chi connectivity index (χ1n) is 6.72. The average Bonchev–Trinajstić information content (AvgIpc) is 3.11. The molecular formula is C15H10ClN3O3S2. The molecule has 2 aromatic heterocycles. The maximum absolute atomic E-state index is 12.0. The van der Waals surface area contributed by atoms with Crippen molar-refractivity contribution in [2.45, 2.75) is 6.92 Å². The van der Waals surface area contributed by atoms with Crippen LogP contribution in [0.2, 0.25) is 5.02 Å².